The molecule has 0 spiro atoms. The van der Waals surface area contributed by atoms with E-state index in [0.717, 1.165) is 37.7 Å². The van der Waals surface area contributed by atoms with Gasteiger partial charge in [-0.2, -0.15) is 4.31 Å². The van der Waals surface area contributed by atoms with Gasteiger partial charge in [-0.1, -0.05) is 41.0 Å². The predicted octanol–water partition coefficient (Wildman–Crippen LogP) is 5.19. The van der Waals surface area contributed by atoms with E-state index in [9.17, 15) is 9.13 Å². The molecule has 0 bridgehead atoms. The Kier molecular flexibility index (Phi) is 12.2. The molecule has 0 aromatic heterocycles. The van der Waals surface area contributed by atoms with Crippen LogP contribution in [0.1, 0.15) is 52.9 Å². The number of rotatable bonds is 13. The van der Waals surface area contributed by atoms with Crippen LogP contribution in [0.15, 0.2) is 47.6 Å². The van der Waals surface area contributed by atoms with E-state index >= 15 is 0 Å². The summed E-state index contributed by atoms with van der Waals surface area (Å²) in [6.45, 7) is 9.49. The number of hydrogen-bond acceptors (Lipinski definition) is 4. The largest absolute Gasteiger partial charge is 0.481 e. The summed E-state index contributed by atoms with van der Waals surface area (Å²) >= 11 is 0. The van der Waals surface area contributed by atoms with Crippen LogP contribution in [0.4, 0.5) is 0 Å². The fourth-order valence-corrected chi connectivity index (χ4v) is 3.58. The Balaban J connectivity index is 4.43. The molecule has 0 fully saturated rings. The normalized spacial score (nSPS) is 15.5. The molecule has 9 heteroatoms. The summed E-state index contributed by atoms with van der Waals surface area (Å²) in [6.07, 6.45) is 12.2. The highest BCUT2D eigenvalue weighted by molar-refractivity contribution is 7.60. The molecule has 0 aromatic carbocycles. The molecule has 0 aromatic rings. The van der Waals surface area contributed by atoms with Gasteiger partial charge >= 0.3 is 15.6 Å². The number of hydrogen-bond donors (Lipinski definition) is 3. The average molecular weight is 408 g/mol. The first-order chi connectivity index (χ1) is 11.9. The van der Waals surface area contributed by atoms with Gasteiger partial charge in [0.05, 0.1) is 6.61 Å². The lowest BCUT2D eigenvalue weighted by Crippen LogP contribution is -1.94. The van der Waals surface area contributed by atoms with Crippen LogP contribution in [0.3, 0.4) is 0 Å². The van der Waals surface area contributed by atoms with Crippen LogP contribution < -0.4 is 0 Å². The first-order valence-electron chi connectivity index (χ1n) is 8.27. The van der Waals surface area contributed by atoms with Crippen molar-refractivity contribution in [3.05, 3.63) is 47.6 Å². The van der Waals surface area contributed by atoms with Crippen LogP contribution >= 0.6 is 15.6 Å². The van der Waals surface area contributed by atoms with Crippen molar-refractivity contribution in [2.24, 2.45) is 0 Å². The van der Waals surface area contributed by atoms with E-state index in [2.05, 4.69) is 41.4 Å². The average Bonchev–Trinajstić information content (AvgIpc) is 2.44. The lowest BCUT2D eigenvalue weighted by molar-refractivity contribution is 0.191. The van der Waals surface area contributed by atoms with Gasteiger partial charge < -0.3 is 14.7 Å². The molecule has 0 aliphatic rings. The second kappa shape index (κ2) is 12.6. The lowest BCUT2D eigenvalue weighted by atomic mass is 10.0. The molecule has 3 N–H and O–H groups in total. The van der Waals surface area contributed by atoms with Gasteiger partial charge in [0.1, 0.15) is 0 Å². The van der Waals surface area contributed by atoms with Gasteiger partial charge in [0, 0.05) is 0 Å². The molecule has 0 rings (SSSR count). The highest BCUT2D eigenvalue weighted by Gasteiger charge is 2.31. The van der Waals surface area contributed by atoms with Crippen molar-refractivity contribution in [1.29, 1.82) is 0 Å². The van der Waals surface area contributed by atoms with E-state index in [0.29, 0.717) is 0 Å². The summed E-state index contributed by atoms with van der Waals surface area (Å²) in [5.74, 6) is 0. The second-order valence-corrected chi connectivity index (χ2v) is 8.93. The third-order valence-corrected chi connectivity index (χ3v) is 5.43. The fourth-order valence-electron chi connectivity index (χ4n) is 2.06. The van der Waals surface area contributed by atoms with Crippen molar-refractivity contribution >= 4 is 15.6 Å². The maximum Gasteiger partial charge on any atom is 0.481 e. The van der Waals surface area contributed by atoms with E-state index in [1.807, 2.05) is 13.0 Å². The Hall–Kier alpha value is -0.780. The van der Waals surface area contributed by atoms with Crippen LogP contribution in [0.2, 0.25) is 0 Å². The minimum atomic E-state index is -5.08. The summed E-state index contributed by atoms with van der Waals surface area (Å²) in [5, 5.41) is 0. The van der Waals surface area contributed by atoms with Crippen molar-refractivity contribution in [3.63, 3.8) is 0 Å². The summed E-state index contributed by atoms with van der Waals surface area (Å²) in [4.78, 5) is 26.2. The van der Waals surface area contributed by atoms with Gasteiger partial charge in [0.2, 0.25) is 0 Å². The van der Waals surface area contributed by atoms with E-state index in [4.69, 9.17) is 14.7 Å². The van der Waals surface area contributed by atoms with Gasteiger partial charge in [-0.3, -0.25) is 4.52 Å². The monoisotopic (exact) mass is 408 g/mol. The van der Waals surface area contributed by atoms with Gasteiger partial charge in [0.25, 0.3) is 0 Å². The van der Waals surface area contributed by atoms with Gasteiger partial charge in [0.15, 0.2) is 0 Å². The van der Waals surface area contributed by atoms with Crippen molar-refractivity contribution in [2.75, 3.05) is 6.61 Å². The number of allylic oxidation sites excluding steroid dienone is 6. The minimum Gasteiger partial charge on any atom is -0.302 e. The highest BCUT2D eigenvalue weighted by Crippen LogP contribution is 2.57. The zero-order valence-electron chi connectivity index (χ0n) is 15.6. The maximum absolute atomic E-state index is 11.3. The third-order valence-electron chi connectivity index (χ3n) is 3.28. The molecule has 0 aliphatic carbocycles. The van der Waals surface area contributed by atoms with E-state index in [1.54, 1.807) is 6.08 Å². The molecule has 0 heterocycles. The standard InChI is InChI=1S/C17H30O7P2/c1-5-8-17(11-6-9-15(2)3)12-7-10-16(4)13-14-23-26(21,22)24-25(18,19)20/h5,9,12-13H,1,6-8,10-11,14H2,2-4H3,(H,21,22)(H2,18,19,20)/b16-13+,17-12+. The number of phosphoric ester groups is 1. The van der Waals surface area contributed by atoms with E-state index in [1.165, 1.54) is 11.1 Å². The molecule has 0 amide bonds. The molecular weight excluding hydrogens is 378 g/mol. The zero-order valence-corrected chi connectivity index (χ0v) is 17.4. The van der Waals surface area contributed by atoms with E-state index in [-0.39, 0.29) is 6.61 Å². The van der Waals surface area contributed by atoms with Crippen LogP contribution in [0.25, 0.3) is 0 Å². The van der Waals surface area contributed by atoms with Gasteiger partial charge in [-0.05, 0) is 52.9 Å². The number of phosphoric acid groups is 2. The van der Waals surface area contributed by atoms with Crippen LogP contribution in [-0.4, -0.2) is 21.3 Å². The Bertz CT molecular complexity index is 625. The van der Waals surface area contributed by atoms with Crippen LogP contribution in [-0.2, 0) is 18.0 Å². The molecule has 0 radical (unpaired) electrons. The van der Waals surface area contributed by atoms with Gasteiger partial charge in [-0.25, -0.2) is 9.13 Å². The molecular formula is C17H30O7P2. The minimum absolute atomic E-state index is 0.274. The highest BCUT2D eigenvalue weighted by atomic mass is 31.3. The second-order valence-electron chi connectivity index (χ2n) is 6.10. The van der Waals surface area contributed by atoms with Crippen molar-refractivity contribution in [1.82, 2.24) is 0 Å². The molecule has 0 saturated carbocycles. The Morgan fingerprint density at radius 1 is 1.00 bits per heavy atom. The molecule has 1 atom stereocenters. The summed E-state index contributed by atoms with van der Waals surface area (Å²) in [6, 6.07) is 0. The van der Waals surface area contributed by atoms with Crippen molar-refractivity contribution in [2.45, 2.75) is 52.9 Å². The maximum atomic E-state index is 11.3. The fraction of sp³-hybridized carbons (Fsp3) is 0.529. The Labute approximate surface area is 156 Å². The molecule has 7 nitrogen and oxygen atoms in total. The van der Waals surface area contributed by atoms with Crippen LogP contribution in [0, 0.1) is 0 Å². The van der Waals surface area contributed by atoms with Crippen LogP contribution in [0.5, 0.6) is 0 Å². The van der Waals surface area contributed by atoms with Crippen molar-refractivity contribution < 1.29 is 32.6 Å². The first kappa shape index (κ1) is 25.2. The molecule has 1 unspecified atom stereocenters. The first-order valence-corrected chi connectivity index (χ1v) is 11.3. The third kappa shape index (κ3) is 15.5. The molecule has 150 valence electrons. The Morgan fingerprint density at radius 2 is 1.62 bits per heavy atom. The Morgan fingerprint density at radius 3 is 2.15 bits per heavy atom. The summed E-state index contributed by atoms with van der Waals surface area (Å²) in [5.41, 5.74) is 3.54. The summed E-state index contributed by atoms with van der Waals surface area (Å²) < 4.78 is 30.0. The molecule has 26 heavy (non-hydrogen) atoms. The zero-order chi connectivity index (χ0) is 20.2. The summed E-state index contributed by atoms with van der Waals surface area (Å²) in [7, 11) is -9.86. The predicted molar refractivity (Wildman–Crippen MR) is 103 cm³/mol. The smallest absolute Gasteiger partial charge is 0.302 e. The molecule has 0 saturated heterocycles. The SMILES string of the molecule is C=CC/C(=C\CC/C(C)=C/COP(=O)(O)OP(=O)(O)O)CCC=C(C)C. The molecule has 0 aliphatic heterocycles. The topological polar surface area (TPSA) is 113 Å². The lowest BCUT2D eigenvalue weighted by Gasteiger charge is -2.11. The van der Waals surface area contributed by atoms with E-state index < -0.39 is 15.6 Å². The quantitative estimate of drug-likeness (QED) is 0.284. The van der Waals surface area contributed by atoms with Gasteiger partial charge in [-0.15, -0.1) is 6.58 Å². The van der Waals surface area contributed by atoms with Crippen molar-refractivity contribution in [3.8, 4) is 0 Å².